The second-order valence-corrected chi connectivity index (χ2v) is 6.77. The number of anilines is 1. The largest absolute Gasteiger partial charge is 0.495 e. The zero-order chi connectivity index (χ0) is 17.6. The third-order valence-electron chi connectivity index (χ3n) is 4.36. The van der Waals surface area contributed by atoms with Crippen molar-refractivity contribution in [3.05, 3.63) is 52.5 Å². The van der Waals surface area contributed by atoms with E-state index in [2.05, 4.69) is 15.9 Å². The molecule has 1 heterocycles. The molecule has 3 rings (SSSR count). The molecule has 25 heavy (non-hydrogen) atoms. The van der Waals surface area contributed by atoms with Gasteiger partial charge in [0.2, 0.25) is 0 Å². The van der Waals surface area contributed by atoms with E-state index in [9.17, 15) is 0 Å². The Morgan fingerprint density at radius 1 is 0.960 bits per heavy atom. The molecule has 0 N–H and O–H groups in total. The van der Waals surface area contributed by atoms with Crippen LogP contribution in [0.1, 0.15) is 0 Å². The monoisotopic (exact) mass is 380 g/mol. The van der Waals surface area contributed by atoms with Gasteiger partial charge in [-0.1, -0.05) is 35.3 Å². The lowest BCUT2D eigenvalue weighted by molar-refractivity contribution is 0.200. The normalized spacial score (nSPS) is 15.2. The van der Waals surface area contributed by atoms with Crippen molar-refractivity contribution in [1.82, 2.24) is 4.90 Å². The van der Waals surface area contributed by atoms with E-state index in [1.165, 1.54) is 0 Å². The second-order valence-electron chi connectivity index (χ2n) is 5.92. The van der Waals surface area contributed by atoms with Gasteiger partial charge in [-0.05, 0) is 30.3 Å². The average Bonchev–Trinajstić information content (AvgIpc) is 2.64. The summed E-state index contributed by atoms with van der Waals surface area (Å²) >= 11 is 12.0. The summed E-state index contributed by atoms with van der Waals surface area (Å²) < 4.78 is 11.2. The quantitative estimate of drug-likeness (QED) is 0.749. The smallest absolute Gasteiger partial charge is 0.142 e. The van der Waals surface area contributed by atoms with Crippen molar-refractivity contribution in [1.29, 1.82) is 0 Å². The summed E-state index contributed by atoms with van der Waals surface area (Å²) in [6.07, 6.45) is 0. The van der Waals surface area contributed by atoms with Gasteiger partial charge in [0.25, 0.3) is 0 Å². The van der Waals surface area contributed by atoms with Gasteiger partial charge in [-0.25, -0.2) is 0 Å². The Hall–Kier alpha value is -1.62. The Balaban J connectivity index is 1.46. The van der Waals surface area contributed by atoms with E-state index in [0.717, 1.165) is 44.2 Å². The van der Waals surface area contributed by atoms with Crippen molar-refractivity contribution >= 4 is 28.9 Å². The van der Waals surface area contributed by atoms with Crippen molar-refractivity contribution < 1.29 is 9.47 Å². The average molecular weight is 381 g/mol. The van der Waals surface area contributed by atoms with Gasteiger partial charge in [-0.3, -0.25) is 4.90 Å². The van der Waals surface area contributed by atoms with Crippen LogP contribution in [0, 0.1) is 0 Å². The first-order valence-electron chi connectivity index (χ1n) is 8.35. The van der Waals surface area contributed by atoms with Crippen LogP contribution in [0.5, 0.6) is 11.5 Å². The van der Waals surface area contributed by atoms with Crippen LogP contribution < -0.4 is 14.4 Å². The number of methoxy groups -OCH3 is 1. The summed E-state index contributed by atoms with van der Waals surface area (Å²) in [5.74, 6) is 1.61. The molecule has 0 saturated carbocycles. The molecule has 4 nitrogen and oxygen atoms in total. The van der Waals surface area contributed by atoms with Gasteiger partial charge in [0.1, 0.15) is 18.1 Å². The Morgan fingerprint density at radius 3 is 2.44 bits per heavy atom. The zero-order valence-electron chi connectivity index (χ0n) is 14.3. The SMILES string of the molecule is COc1ccccc1N1CCN(CCOc2ccc(Cl)cc2Cl)CC1. The van der Waals surface area contributed by atoms with Gasteiger partial charge in [-0.2, -0.15) is 0 Å². The van der Waals surface area contributed by atoms with E-state index in [4.69, 9.17) is 32.7 Å². The molecule has 1 fully saturated rings. The minimum atomic E-state index is 0.550. The molecule has 0 unspecified atom stereocenters. The molecule has 0 aliphatic carbocycles. The maximum atomic E-state index is 6.12. The van der Waals surface area contributed by atoms with Crippen LogP contribution in [0.4, 0.5) is 5.69 Å². The predicted molar refractivity (Wildman–Crippen MR) is 104 cm³/mol. The molecular formula is C19H22Cl2N2O2. The molecule has 0 aromatic heterocycles. The van der Waals surface area contributed by atoms with Crippen molar-refractivity contribution in [3.63, 3.8) is 0 Å². The van der Waals surface area contributed by atoms with E-state index in [0.29, 0.717) is 22.4 Å². The van der Waals surface area contributed by atoms with E-state index in [-0.39, 0.29) is 0 Å². The van der Waals surface area contributed by atoms with E-state index >= 15 is 0 Å². The molecule has 1 aliphatic rings. The van der Waals surface area contributed by atoms with Crippen molar-refractivity contribution in [2.75, 3.05) is 51.3 Å². The number of halogens is 2. The maximum Gasteiger partial charge on any atom is 0.142 e. The topological polar surface area (TPSA) is 24.9 Å². The molecule has 0 radical (unpaired) electrons. The minimum Gasteiger partial charge on any atom is -0.495 e. The number of piperazine rings is 1. The lowest BCUT2D eigenvalue weighted by Gasteiger charge is -2.36. The second kappa shape index (κ2) is 8.65. The fourth-order valence-electron chi connectivity index (χ4n) is 2.98. The van der Waals surface area contributed by atoms with Gasteiger partial charge in [0.05, 0.1) is 17.8 Å². The highest BCUT2D eigenvalue weighted by molar-refractivity contribution is 6.35. The van der Waals surface area contributed by atoms with Crippen LogP contribution in [0.2, 0.25) is 10.0 Å². The number of rotatable bonds is 6. The molecular weight excluding hydrogens is 359 g/mol. The Morgan fingerprint density at radius 2 is 1.72 bits per heavy atom. The Kier molecular flexibility index (Phi) is 6.29. The van der Waals surface area contributed by atoms with E-state index in [1.54, 1.807) is 19.2 Å². The highest BCUT2D eigenvalue weighted by Gasteiger charge is 2.19. The summed E-state index contributed by atoms with van der Waals surface area (Å²) in [4.78, 5) is 4.77. The van der Waals surface area contributed by atoms with Crippen LogP contribution in [-0.4, -0.2) is 51.3 Å². The molecule has 2 aromatic carbocycles. The Bertz CT molecular complexity index is 704. The lowest BCUT2D eigenvalue weighted by Crippen LogP contribution is -2.47. The van der Waals surface area contributed by atoms with Crippen LogP contribution in [0.3, 0.4) is 0 Å². The molecule has 1 aliphatic heterocycles. The Labute approximate surface area is 158 Å². The van der Waals surface area contributed by atoms with Gasteiger partial charge >= 0.3 is 0 Å². The summed E-state index contributed by atoms with van der Waals surface area (Å²) in [6.45, 7) is 5.42. The summed E-state index contributed by atoms with van der Waals surface area (Å²) in [6, 6.07) is 13.5. The predicted octanol–water partition coefficient (Wildman–Crippen LogP) is 4.20. The zero-order valence-corrected chi connectivity index (χ0v) is 15.8. The lowest BCUT2D eigenvalue weighted by atomic mass is 10.2. The molecule has 6 heteroatoms. The highest BCUT2D eigenvalue weighted by atomic mass is 35.5. The first-order valence-corrected chi connectivity index (χ1v) is 9.11. The minimum absolute atomic E-state index is 0.550. The molecule has 0 atom stereocenters. The number of hydrogen-bond acceptors (Lipinski definition) is 4. The number of hydrogen-bond donors (Lipinski definition) is 0. The number of nitrogens with zero attached hydrogens (tertiary/aromatic N) is 2. The van der Waals surface area contributed by atoms with Gasteiger partial charge in [-0.15, -0.1) is 0 Å². The van der Waals surface area contributed by atoms with Gasteiger partial charge in [0, 0.05) is 37.7 Å². The summed E-state index contributed by atoms with van der Waals surface area (Å²) in [7, 11) is 1.72. The first kappa shape index (κ1) is 18.2. The number of para-hydroxylation sites is 2. The third-order valence-corrected chi connectivity index (χ3v) is 4.89. The highest BCUT2D eigenvalue weighted by Crippen LogP contribution is 2.29. The van der Waals surface area contributed by atoms with Crippen molar-refractivity contribution in [2.24, 2.45) is 0 Å². The van der Waals surface area contributed by atoms with E-state index < -0.39 is 0 Å². The van der Waals surface area contributed by atoms with Gasteiger partial charge in [0.15, 0.2) is 0 Å². The van der Waals surface area contributed by atoms with Crippen LogP contribution >= 0.6 is 23.2 Å². The summed E-state index contributed by atoms with van der Waals surface area (Å²) in [5, 5.41) is 1.17. The maximum absolute atomic E-state index is 6.12. The van der Waals surface area contributed by atoms with Crippen molar-refractivity contribution in [2.45, 2.75) is 0 Å². The third kappa shape index (κ3) is 4.72. The van der Waals surface area contributed by atoms with Crippen LogP contribution in [0.15, 0.2) is 42.5 Å². The standard InChI is InChI=1S/C19H22Cl2N2O2/c1-24-19-5-3-2-4-17(19)23-10-8-22(9-11-23)12-13-25-18-7-6-15(20)14-16(18)21/h2-7,14H,8-13H2,1H3. The fraction of sp³-hybridized carbons (Fsp3) is 0.368. The van der Waals surface area contributed by atoms with Crippen molar-refractivity contribution in [3.8, 4) is 11.5 Å². The van der Waals surface area contributed by atoms with Crippen LogP contribution in [-0.2, 0) is 0 Å². The molecule has 0 spiro atoms. The number of ether oxygens (including phenoxy) is 2. The molecule has 134 valence electrons. The van der Waals surface area contributed by atoms with Crippen LogP contribution in [0.25, 0.3) is 0 Å². The van der Waals surface area contributed by atoms with Gasteiger partial charge < -0.3 is 14.4 Å². The summed E-state index contributed by atoms with van der Waals surface area (Å²) in [5.41, 5.74) is 1.16. The molecule has 2 aromatic rings. The molecule has 0 bridgehead atoms. The first-order chi connectivity index (χ1) is 12.2. The fourth-order valence-corrected chi connectivity index (χ4v) is 3.44. The molecule has 1 saturated heterocycles. The molecule has 0 amide bonds. The number of benzene rings is 2. The van der Waals surface area contributed by atoms with E-state index in [1.807, 2.05) is 24.3 Å².